The first kappa shape index (κ1) is 15.9. The zero-order valence-electron chi connectivity index (χ0n) is 12.6. The number of hydrogen-bond acceptors (Lipinski definition) is 7. The van der Waals surface area contributed by atoms with Gasteiger partial charge >= 0.3 is 0 Å². The summed E-state index contributed by atoms with van der Waals surface area (Å²) in [6.07, 6.45) is 2.34. The molecule has 4 rings (SSSR count). The number of rotatable bonds is 7. The maximum absolute atomic E-state index is 5.86. The first-order valence-electron chi connectivity index (χ1n) is 7.50. The average Bonchev–Trinajstić information content (AvgIpc) is 3.16. The fourth-order valence-electron chi connectivity index (χ4n) is 2.12. The molecule has 6 nitrogen and oxygen atoms in total. The maximum Gasteiger partial charge on any atom is 0.209 e. The van der Waals surface area contributed by atoms with Crippen molar-refractivity contribution in [2.75, 3.05) is 0 Å². The number of ether oxygens (including phenoxy) is 1. The van der Waals surface area contributed by atoms with E-state index in [9.17, 15) is 0 Å². The summed E-state index contributed by atoms with van der Waals surface area (Å²) in [6, 6.07) is 7.81. The number of thioether (sulfide) groups is 1. The van der Waals surface area contributed by atoms with Crippen molar-refractivity contribution >= 4 is 34.7 Å². The Hall–Kier alpha value is -1.64. The van der Waals surface area contributed by atoms with Gasteiger partial charge in [-0.2, -0.15) is 0 Å². The molecule has 0 saturated heterocycles. The zero-order valence-corrected chi connectivity index (χ0v) is 15.0. The molecule has 0 radical (unpaired) electrons. The summed E-state index contributed by atoms with van der Waals surface area (Å²) >= 11 is 9.08. The first-order valence-corrected chi connectivity index (χ1v) is 9.74. The third-order valence-electron chi connectivity index (χ3n) is 3.48. The minimum atomic E-state index is 0.455. The monoisotopic (exact) mass is 379 g/mol. The highest BCUT2D eigenvalue weighted by Crippen LogP contribution is 2.36. The predicted octanol–water partition coefficient (Wildman–Crippen LogP) is 3.99. The normalized spacial score (nSPS) is 14.0. The SMILES string of the molecule is Clc1ccc(OCc2nc(CSc3nnnn3C3CC3)cs2)cc1. The van der Waals surface area contributed by atoms with E-state index in [4.69, 9.17) is 16.3 Å². The maximum atomic E-state index is 5.86. The highest BCUT2D eigenvalue weighted by Gasteiger charge is 2.27. The Bertz CT molecular complexity index is 815. The van der Waals surface area contributed by atoms with Crippen LogP contribution in [0.15, 0.2) is 34.8 Å². The van der Waals surface area contributed by atoms with Gasteiger partial charge in [-0.25, -0.2) is 9.67 Å². The second-order valence-electron chi connectivity index (χ2n) is 5.40. The molecule has 124 valence electrons. The van der Waals surface area contributed by atoms with Crippen LogP contribution in [0.4, 0.5) is 0 Å². The van der Waals surface area contributed by atoms with Gasteiger partial charge in [0.05, 0.1) is 11.7 Å². The summed E-state index contributed by atoms with van der Waals surface area (Å²) in [7, 11) is 0. The zero-order chi connectivity index (χ0) is 16.4. The Morgan fingerprint density at radius 1 is 1.29 bits per heavy atom. The standard InChI is InChI=1S/C15H14ClN5OS2/c16-10-1-5-13(6-2-10)22-7-14-17-11(8-23-14)9-24-15-18-19-20-21(15)12-3-4-12/h1-2,5-6,8,12H,3-4,7,9H2. The molecule has 2 aromatic heterocycles. The molecule has 0 bridgehead atoms. The Balaban J connectivity index is 1.31. The van der Waals surface area contributed by atoms with Crippen molar-refractivity contribution in [3.8, 4) is 5.75 Å². The minimum Gasteiger partial charge on any atom is -0.486 e. The average molecular weight is 380 g/mol. The summed E-state index contributed by atoms with van der Waals surface area (Å²) in [5.41, 5.74) is 1.02. The van der Waals surface area contributed by atoms with Crippen molar-refractivity contribution in [3.05, 3.63) is 45.4 Å². The van der Waals surface area contributed by atoms with E-state index in [0.717, 1.165) is 27.4 Å². The molecule has 0 atom stereocenters. The van der Waals surface area contributed by atoms with Crippen LogP contribution in [-0.2, 0) is 12.4 Å². The molecule has 0 N–H and O–H groups in total. The Labute approximate surface area is 152 Å². The summed E-state index contributed by atoms with van der Waals surface area (Å²) in [4.78, 5) is 4.60. The molecule has 0 amide bonds. The van der Waals surface area contributed by atoms with Gasteiger partial charge in [0, 0.05) is 16.2 Å². The van der Waals surface area contributed by atoms with Gasteiger partial charge in [0.2, 0.25) is 5.16 Å². The van der Waals surface area contributed by atoms with E-state index >= 15 is 0 Å². The Kier molecular flexibility index (Phi) is 4.68. The van der Waals surface area contributed by atoms with Gasteiger partial charge < -0.3 is 4.74 Å². The van der Waals surface area contributed by atoms with Gasteiger partial charge in [-0.3, -0.25) is 0 Å². The van der Waals surface area contributed by atoms with Crippen molar-refractivity contribution in [2.24, 2.45) is 0 Å². The Morgan fingerprint density at radius 2 is 2.12 bits per heavy atom. The summed E-state index contributed by atoms with van der Waals surface area (Å²) < 4.78 is 7.63. The number of aromatic nitrogens is 5. The molecule has 1 aliphatic carbocycles. The van der Waals surface area contributed by atoms with Gasteiger partial charge in [0.15, 0.2) is 0 Å². The molecule has 1 aliphatic rings. The Morgan fingerprint density at radius 3 is 2.92 bits per heavy atom. The molecule has 1 saturated carbocycles. The third kappa shape index (κ3) is 3.88. The van der Waals surface area contributed by atoms with E-state index in [1.807, 2.05) is 28.9 Å². The topological polar surface area (TPSA) is 65.7 Å². The van der Waals surface area contributed by atoms with Crippen LogP contribution in [0, 0.1) is 0 Å². The van der Waals surface area contributed by atoms with Gasteiger partial charge in [-0.15, -0.1) is 16.4 Å². The van der Waals surface area contributed by atoms with Gasteiger partial charge in [0.25, 0.3) is 0 Å². The lowest BCUT2D eigenvalue weighted by Gasteiger charge is -2.03. The summed E-state index contributed by atoms with van der Waals surface area (Å²) in [6.45, 7) is 0.455. The fourth-order valence-corrected chi connectivity index (χ4v) is 3.90. The number of nitrogens with zero attached hydrogens (tertiary/aromatic N) is 5. The molecule has 0 unspecified atom stereocenters. The van der Waals surface area contributed by atoms with Gasteiger partial charge in [-0.1, -0.05) is 23.4 Å². The van der Waals surface area contributed by atoms with Crippen LogP contribution < -0.4 is 4.74 Å². The summed E-state index contributed by atoms with van der Waals surface area (Å²) in [5, 5.41) is 16.5. The van der Waals surface area contributed by atoms with Crippen LogP contribution in [0.2, 0.25) is 5.02 Å². The lowest BCUT2D eigenvalue weighted by molar-refractivity contribution is 0.305. The van der Waals surface area contributed by atoms with E-state index in [0.29, 0.717) is 17.7 Å². The van der Waals surface area contributed by atoms with Gasteiger partial charge in [-0.05, 0) is 47.5 Å². The first-order chi connectivity index (χ1) is 11.8. The van der Waals surface area contributed by atoms with Crippen LogP contribution in [0.5, 0.6) is 5.75 Å². The van der Waals surface area contributed by atoms with Crippen LogP contribution >= 0.6 is 34.7 Å². The van der Waals surface area contributed by atoms with Crippen molar-refractivity contribution < 1.29 is 4.74 Å². The van der Waals surface area contributed by atoms with E-state index in [1.54, 1.807) is 23.1 Å². The molecule has 0 spiro atoms. The molecule has 3 aromatic rings. The van der Waals surface area contributed by atoms with E-state index in [2.05, 4.69) is 25.9 Å². The van der Waals surface area contributed by atoms with E-state index in [-0.39, 0.29) is 0 Å². The number of thiazole rings is 1. The molecule has 1 aromatic carbocycles. The third-order valence-corrected chi connectivity index (χ3v) is 5.57. The number of tetrazole rings is 1. The lowest BCUT2D eigenvalue weighted by Crippen LogP contribution is -1.99. The van der Waals surface area contributed by atoms with E-state index in [1.165, 1.54) is 12.8 Å². The summed E-state index contributed by atoms with van der Waals surface area (Å²) in [5.74, 6) is 1.54. The number of hydrogen-bond donors (Lipinski definition) is 0. The van der Waals surface area contributed by atoms with Crippen LogP contribution in [-0.4, -0.2) is 25.2 Å². The van der Waals surface area contributed by atoms with E-state index < -0.39 is 0 Å². The molecule has 1 fully saturated rings. The number of halogens is 1. The van der Waals surface area contributed by atoms with Gasteiger partial charge in [0.1, 0.15) is 17.4 Å². The predicted molar refractivity (Wildman–Crippen MR) is 93.5 cm³/mol. The van der Waals surface area contributed by atoms with Crippen LogP contribution in [0.25, 0.3) is 0 Å². The fraction of sp³-hybridized carbons (Fsp3) is 0.333. The smallest absolute Gasteiger partial charge is 0.209 e. The molecule has 0 aliphatic heterocycles. The molecule has 2 heterocycles. The minimum absolute atomic E-state index is 0.455. The molecule has 9 heteroatoms. The largest absolute Gasteiger partial charge is 0.486 e. The molecule has 24 heavy (non-hydrogen) atoms. The highest BCUT2D eigenvalue weighted by molar-refractivity contribution is 7.98. The molecular formula is C15H14ClN5OS2. The number of benzene rings is 1. The van der Waals surface area contributed by atoms with Crippen molar-refractivity contribution in [3.63, 3.8) is 0 Å². The van der Waals surface area contributed by atoms with Crippen LogP contribution in [0.1, 0.15) is 29.6 Å². The second-order valence-corrected chi connectivity index (χ2v) is 7.72. The highest BCUT2D eigenvalue weighted by atomic mass is 35.5. The van der Waals surface area contributed by atoms with Crippen molar-refractivity contribution in [1.82, 2.24) is 25.2 Å². The second kappa shape index (κ2) is 7.08. The van der Waals surface area contributed by atoms with Crippen LogP contribution in [0.3, 0.4) is 0 Å². The van der Waals surface area contributed by atoms with Crippen molar-refractivity contribution in [2.45, 2.75) is 36.4 Å². The quantitative estimate of drug-likeness (QED) is 0.578. The molecular weight excluding hydrogens is 366 g/mol. The lowest BCUT2D eigenvalue weighted by atomic mass is 10.3. The van der Waals surface area contributed by atoms with Crippen molar-refractivity contribution in [1.29, 1.82) is 0 Å².